The topological polar surface area (TPSA) is 72.9 Å². The molecule has 0 saturated carbocycles. The Kier molecular flexibility index (Phi) is 3.93. The number of carbonyl (C=O) groups excluding carboxylic acids is 1. The van der Waals surface area contributed by atoms with Gasteiger partial charge in [-0.05, 0) is 35.9 Å². The van der Waals surface area contributed by atoms with Gasteiger partial charge in [0.15, 0.2) is 6.10 Å². The minimum Gasteiger partial charge on any atom is -0.341 e. The summed E-state index contributed by atoms with van der Waals surface area (Å²) in [6.45, 7) is 4.19. The summed E-state index contributed by atoms with van der Waals surface area (Å²) in [4.78, 5) is 25.6. The van der Waals surface area contributed by atoms with Crippen LogP contribution in [0.5, 0.6) is 0 Å². The van der Waals surface area contributed by atoms with Gasteiger partial charge in [0.05, 0.1) is 4.90 Å². The number of allylic oxidation sites excluding steroid dienone is 3. The van der Waals surface area contributed by atoms with E-state index in [1.807, 2.05) is 25.2 Å². The zero-order chi connectivity index (χ0) is 21.3. The van der Waals surface area contributed by atoms with Crippen molar-refractivity contribution < 1.29 is 23.0 Å². The molecule has 3 aliphatic heterocycles. The number of carbonyl (C=O) groups is 1. The van der Waals surface area contributed by atoms with Gasteiger partial charge in [-0.3, -0.25) is 4.79 Å². The van der Waals surface area contributed by atoms with Gasteiger partial charge >= 0.3 is 0 Å². The van der Waals surface area contributed by atoms with Gasteiger partial charge in [-0.1, -0.05) is 50.3 Å². The predicted octanol–water partition coefficient (Wildman–Crippen LogP) is 3.55. The minimum atomic E-state index is -3.81. The molecule has 2 aromatic carbocycles. The lowest BCUT2D eigenvalue weighted by molar-refractivity contribution is -0.508. The Balaban J connectivity index is 1.48. The van der Waals surface area contributed by atoms with Crippen molar-refractivity contribution in [1.29, 1.82) is 0 Å². The van der Waals surface area contributed by atoms with Crippen molar-refractivity contribution in [3.05, 3.63) is 82.8 Å². The first-order chi connectivity index (χ1) is 14.2. The molecule has 3 heterocycles. The van der Waals surface area contributed by atoms with Crippen molar-refractivity contribution in [2.45, 2.75) is 36.0 Å². The lowest BCUT2D eigenvalue weighted by Crippen LogP contribution is -2.70. The molecule has 1 fully saturated rings. The van der Waals surface area contributed by atoms with Crippen LogP contribution < -0.4 is 4.90 Å². The van der Waals surface area contributed by atoms with E-state index in [4.69, 9.17) is 9.78 Å². The molecule has 1 spiro atoms. The molecule has 2 unspecified atom stereocenters. The third kappa shape index (κ3) is 2.20. The SMILES string of the molecule is CN1c2ccccc2C(C)(C)C12OOC2/C=C/C=C1/C(=O)c2ccccc2S1(=O)=O. The fraction of sp³-hybridized carbons (Fsp3) is 0.261. The molecule has 1 saturated heterocycles. The highest BCUT2D eigenvalue weighted by molar-refractivity contribution is 7.97. The van der Waals surface area contributed by atoms with Crippen LogP contribution in [0.1, 0.15) is 29.8 Å². The van der Waals surface area contributed by atoms with Crippen LogP contribution in [0.4, 0.5) is 5.69 Å². The number of anilines is 1. The number of hydrogen-bond acceptors (Lipinski definition) is 6. The van der Waals surface area contributed by atoms with Crippen LogP contribution in [-0.4, -0.2) is 33.1 Å². The predicted molar refractivity (Wildman–Crippen MR) is 112 cm³/mol. The first kappa shape index (κ1) is 19.2. The van der Waals surface area contributed by atoms with Crippen LogP contribution in [0.3, 0.4) is 0 Å². The molecule has 2 aromatic rings. The van der Waals surface area contributed by atoms with E-state index in [2.05, 4.69) is 24.8 Å². The molecule has 0 amide bonds. The molecule has 154 valence electrons. The number of para-hydroxylation sites is 1. The van der Waals surface area contributed by atoms with E-state index in [9.17, 15) is 13.2 Å². The molecule has 0 aromatic heterocycles. The van der Waals surface area contributed by atoms with Gasteiger partial charge < -0.3 is 4.90 Å². The van der Waals surface area contributed by atoms with Crippen molar-refractivity contribution in [1.82, 2.24) is 0 Å². The van der Waals surface area contributed by atoms with Crippen LogP contribution in [0.2, 0.25) is 0 Å². The molecule has 7 heteroatoms. The Labute approximate surface area is 175 Å². The smallest absolute Gasteiger partial charge is 0.217 e. The molecule has 3 aliphatic rings. The summed E-state index contributed by atoms with van der Waals surface area (Å²) in [7, 11) is -1.85. The Morgan fingerprint density at radius 1 is 1.07 bits per heavy atom. The van der Waals surface area contributed by atoms with E-state index in [0.717, 1.165) is 11.3 Å². The lowest BCUT2D eigenvalue weighted by Gasteiger charge is -2.54. The van der Waals surface area contributed by atoms with Crippen molar-refractivity contribution in [3.63, 3.8) is 0 Å². The summed E-state index contributed by atoms with van der Waals surface area (Å²) in [6, 6.07) is 14.3. The quantitative estimate of drug-likeness (QED) is 0.543. The van der Waals surface area contributed by atoms with Gasteiger partial charge in [0.2, 0.25) is 21.3 Å². The second kappa shape index (κ2) is 6.14. The van der Waals surface area contributed by atoms with Crippen LogP contribution >= 0.6 is 0 Å². The highest BCUT2D eigenvalue weighted by Gasteiger charge is 2.67. The summed E-state index contributed by atoms with van der Waals surface area (Å²) >= 11 is 0. The van der Waals surface area contributed by atoms with Gasteiger partial charge in [-0.2, -0.15) is 0 Å². The van der Waals surface area contributed by atoms with Crippen molar-refractivity contribution in [2.24, 2.45) is 0 Å². The number of sulfone groups is 1. The molecule has 6 nitrogen and oxygen atoms in total. The average molecular weight is 423 g/mol. The third-order valence-electron chi connectivity index (χ3n) is 6.47. The Bertz CT molecular complexity index is 1240. The van der Waals surface area contributed by atoms with Crippen LogP contribution in [0.25, 0.3) is 0 Å². The summed E-state index contributed by atoms with van der Waals surface area (Å²) in [5, 5.41) is 0. The van der Waals surface area contributed by atoms with E-state index >= 15 is 0 Å². The van der Waals surface area contributed by atoms with Gasteiger partial charge in [-0.15, -0.1) is 0 Å². The van der Waals surface area contributed by atoms with E-state index < -0.39 is 27.4 Å². The largest absolute Gasteiger partial charge is 0.341 e. The van der Waals surface area contributed by atoms with Gasteiger partial charge in [0.25, 0.3) is 0 Å². The van der Waals surface area contributed by atoms with Crippen LogP contribution in [0, 0.1) is 0 Å². The van der Waals surface area contributed by atoms with Crippen LogP contribution in [-0.2, 0) is 25.0 Å². The molecule has 0 bridgehead atoms. The molecule has 5 rings (SSSR count). The van der Waals surface area contributed by atoms with Crippen molar-refractivity contribution in [2.75, 3.05) is 11.9 Å². The first-order valence-electron chi connectivity index (χ1n) is 9.68. The number of nitrogens with zero attached hydrogens (tertiary/aromatic N) is 1. The number of benzene rings is 2. The van der Waals surface area contributed by atoms with Crippen molar-refractivity contribution >= 4 is 21.3 Å². The highest BCUT2D eigenvalue weighted by Crippen LogP contribution is 2.57. The Morgan fingerprint density at radius 2 is 1.77 bits per heavy atom. The molecular weight excluding hydrogens is 402 g/mol. The Morgan fingerprint density at radius 3 is 2.43 bits per heavy atom. The summed E-state index contributed by atoms with van der Waals surface area (Å²) in [5.41, 5.74) is 1.30. The maximum Gasteiger partial charge on any atom is 0.217 e. The summed E-state index contributed by atoms with van der Waals surface area (Å²) < 4.78 is 25.4. The number of hydrogen-bond donors (Lipinski definition) is 0. The van der Waals surface area contributed by atoms with Gasteiger partial charge in [0, 0.05) is 23.7 Å². The molecular formula is C23H21NO5S. The average Bonchev–Trinajstić information content (AvgIpc) is 3.02. The van der Waals surface area contributed by atoms with E-state index in [0.29, 0.717) is 0 Å². The molecule has 30 heavy (non-hydrogen) atoms. The zero-order valence-corrected chi connectivity index (χ0v) is 17.6. The van der Waals surface area contributed by atoms with E-state index in [1.165, 1.54) is 18.2 Å². The first-order valence-corrected chi connectivity index (χ1v) is 11.2. The number of Topliss-reactive ketones (excluding diaryl/α,β-unsaturated/α-hetero) is 1. The second-order valence-electron chi connectivity index (χ2n) is 8.24. The standard InChI is InChI=1S/C23H21NO5S/c1-22(2)16-10-5-6-11-17(16)24(3)23(22)20(28-29-23)14-8-13-19-21(25)15-9-4-7-12-18(15)30(19,26)27/h4-14,20H,1-3H3/b14-8+,19-13-. The molecule has 0 radical (unpaired) electrons. The third-order valence-corrected chi connectivity index (χ3v) is 8.30. The lowest BCUT2D eigenvalue weighted by atomic mass is 9.74. The minimum absolute atomic E-state index is 0.0569. The number of rotatable bonds is 2. The summed E-state index contributed by atoms with van der Waals surface area (Å²) in [6.07, 6.45) is 4.22. The number of fused-ring (bicyclic) bond motifs is 2. The zero-order valence-electron chi connectivity index (χ0n) is 16.8. The fourth-order valence-electron chi connectivity index (χ4n) is 4.82. The fourth-order valence-corrected chi connectivity index (χ4v) is 6.38. The van der Waals surface area contributed by atoms with Crippen LogP contribution in [0.15, 0.2) is 76.6 Å². The number of likely N-dealkylation sites (N-methyl/N-ethyl adjacent to an activating group) is 1. The Hall–Kier alpha value is -2.74. The summed E-state index contributed by atoms with van der Waals surface area (Å²) in [5.74, 6) is -0.485. The van der Waals surface area contributed by atoms with Gasteiger partial charge in [-0.25, -0.2) is 18.2 Å². The van der Waals surface area contributed by atoms with E-state index in [-0.39, 0.29) is 20.8 Å². The molecule has 0 aliphatic carbocycles. The normalized spacial score (nSPS) is 29.4. The second-order valence-corrected chi connectivity index (χ2v) is 10.1. The highest BCUT2D eigenvalue weighted by atomic mass is 32.2. The van der Waals surface area contributed by atoms with E-state index in [1.54, 1.807) is 24.3 Å². The monoisotopic (exact) mass is 423 g/mol. The van der Waals surface area contributed by atoms with Crippen molar-refractivity contribution in [3.8, 4) is 0 Å². The number of ketones is 1. The van der Waals surface area contributed by atoms with Gasteiger partial charge in [0.1, 0.15) is 4.91 Å². The maximum atomic E-state index is 12.7. The molecule has 2 atom stereocenters. The molecule has 0 N–H and O–H groups in total. The maximum absolute atomic E-state index is 12.7.